The summed E-state index contributed by atoms with van der Waals surface area (Å²) in [4.78, 5) is 8.45. The highest BCUT2D eigenvalue weighted by molar-refractivity contribution is 6.30. The first-order valence-electron chi connectivity index (χ1n) is 7.93. The van der Waals surface area contributed by atoms with Gasteiger partial charge in [0.15, 0.2) is 5.96 Å². The lowest BCUT2D eigenvalue weighted by Crippen LogP contribution is -2.47. The van der Waals surface area contributed by atoms with Crippen LogP contribution in [0.15, 0.2) is 35.6 Å². The van der Waals surface area contributed by atoms with Crippen molar-refractivity contribution >= 4 is 17.6 Å². The van der Waals surface area contributed by atoms with Crippen LogP contribution in [0.1, 0.15) is 23.9 Å². The molecule has 3 rings (SSSR count). The van der Waals surface area contributed by atoms with E-state index in [0.29, 0.717) is 17.5 Å². The Morgan fingerprint density at radius 2 is 2.25 bits per heavy atom. The first-order valence-corrected chi connectivity index (χ1v) is 8.31. The average molecular weight is 349 g/mol. The Hall–Kier alpha value is -2.12. The van der Waals surface area contributed by atoms with Gasteiger partial charge in [0.05, 0.1) is 12.6 Å². The van der Waals surface area contributed by atoms with E-state index in [1.165, 1.54) is 0 Å². The second kappa shape index (κ2) is 7.63. The predicted molar refractivity (Wildman–Crippen MR) is 93.0 cm³/mol. The molecule has 0 saturated heterocycles. The van der Waals surface area contributed by atoms with E-state index >= 15 is 0 Å². The number of aliphatic hydroxyl groups excluding tert-OH is 1. The molecule has 0 bridgehead atoms. The summed E-state index contributed by atoms with van der Waals surface area (Å²) < 4.78 is 1.91. The molecule has 1 aliphatic heterocycles. The van der Waals surface area contributed by atoms with Gasteiger partial charge in [0.25, 0.3) is 0 Å². The van der Waals surface area contributed by atoms with Gasteiger partial charge in [-0.2, -0.15) is 5.10 Å². The number of guanidine groups is 1. The van der Waals surface area contributed by atoms with Crippen LogP contribution < -0.4 is 10.6 Å². The molecule has 7 nitrogen and oxygen atoms in total. The summed E-state index contributed by atoms with van der Waals surface area (Å²) in [6.07, 6.45) is 2.82. The van der Waals surface area contributed by atoms with E-state index in [1.807, 2.05) is 16.8 Å². The van der Waals surface area contributed by atoms with E-state index in [1.54, 1.807) is 25.5 Å². The number of fused-ring (bicyclic) bond motifs is 1. The van der Waals surface area contributed by atoms with Crippen LogP contribution in [-0.4, -0.2) is 45.5 Å². The molecule has 8 heteroatoms. The minimum absolute atomic E-state index is 0.234. The van der Waals surface area contributed by atoms with Gasteiger partial charge in [0.2, 0.25) is 0 Å². The fourth-order valence-corrected chi connectivity index (χ4v) is 2.87. The van der Waals surface area contributed by atoms with E-state index in [9.17, 15) is 5.11 Å². The van der Waals surface area contributed by atoms with Gasteiger partial charge in [0.1, 0.15) is 12.2 Å². The number of nitrogens with zero attached hydrogens (tertiary/aromatic N) is 4. The molecule has 1 aromatic carbocycles. The maximum absolute atomic E-state index is 10.3. The molecule has 2 unspecified atom stereocenters. The average Bonchev–Trinajstić information content (AvgIpc) is 3.06. The minimum atomic E-state index is -0.630. The Morgan fingerprint density at radius 1 is 1.46 bits per heavy atom. The van der Waals surface area contributed by atoms with Crippen LogP contribution in [0.25, 0.3) is 0 Å². The fraction of sp³-hybridized carbons (Fsp3) is 0.438. The van der Waals surface area contributed by atoms with Crippen LogP contribution in [0.4, 0.5) is 0 Å². The van der Waals surface area contributed by atoms with Gasteiger partial charge in [-0.3, -0.25) is 4.99 Å². The van der Waals surface area contributed by atoms with Gasteiger partial charge in [0, 0.05) is 31.1 Å². The van der Waals surface area contributed by atoms with Crippen molar-refractivity contribution in [1.82, 2.24) is 25.4 Å². The Labute approximate surface area is 145 Å². The standard InChI is InChI=1S/C16H21ClN6O/c1-18-16(19-8-14(24)11-2-4-12(17)5-3-11)22-13-6-7-15-20-10-21-23(15)9-13/h2-5,10,13-14,24H,6-9H2,1H3,(H2,18,19,22). The van der Waals surface area contributed by atoms with Crippen molar-refractivity contribution in [1.29, 1.82) is 0 Å². The first-order chi connectivity index (χ1) is 11.7. The molecule has 0 saturated carbocycles. The number of aliphatic imine (C=N–C) groups is 1. The van der Waals surface area contributed by atoms with Gasteiger partial charge in [-0.25, -0.2) is 9.67 Å². The summed E-state index contributed by atoms with van der Waals surface area (Å²) in [5, 5.41) is 21.7. The zero-order valence-corrected chi connectivity index (χ0v) is 14.2. The van der Waals surface area contributed by atoms with Gasteiger partial charge in [-0.15, -0.1) is 0 Å². The van der Waals surface area contributed by atoms with E-state index in [-0.39, 0.29) is 6.04 Å². The summed E-state index contributed by atoms with van der Waals surface area (Å²) in [6, 6.07) is 7.41. The number of aliphatic hydroxyl groups is 1. The summed E-state index contributed by atoms with van der Waals surface area (Å²) in [7, 11) is 1.72. The van der Waals surface area contributed by atoms with Crippen LogP contribution in [0.5, 0.6) is 0 Å². The largest absolute Gasteiger partial charge is 0.387 e. The molecule has 0 amide bonds. The summed E-state index contributed by atoms with van der Waals surface area (Å²) in [5.41, 5.74) is 0.812. The van der Waals surface area contributed by atoms with Crippen molar-refractivity contribution in [2.45, 2.75) is 31.5 Å². The predicted octanol–water partition coefficient (Wildman–Crippen LogP) is 1.14. The molecule has 0 radical (unpaired) electrons. The molecule has 128 valence electrons. The fourth-order valence-electron chi connectivity index (χ4n) is 2.74. The topological polar surface area (TPSA) is 87.4 Å². The third kappa shape index (κ3) is 4.04. The quantitative estimate of drug-likeness (QED) is 0.570. The van der Waals surface area contributed by atoms with Gasteiger partial charge in [-0.05, 0) is 24.1 Å². The SMILES string of the molecule is CN=C(NCC(O)c1ccc(Cl)cc1)NC1CCc2ncnn2C1. The zero-order chi connectivity index (χ0) is 16.9. The van der Waals surface area contributed by atoms with Crippen LogP contribution in [0, 0.1) is 0 Å². The van der Waals surface area contributed by atoms with Gasteiger partial charge < -0.3 is 15.7 Å². The molecule has 2 heterocycles. The molecule has 3 N–H and O–H groups in total. The smallest absolute Gasteiger partial charge is 0.191 e. The lowest BCUT2D eigenvalue weighted by atomic mass is 10.1. The maximum atomic E-state index is 10.3. The van der Waals surface area contributed by atoms with Crippen molar-refractivity contribution in [2.24, 2.45) is 4.99 Å². The molecule has 2 atom stereocenters. The number of nitrogens with one attached hydrogen (secondary N) is 2. The maximum Gasteiger partial charge on any atom is 0.191 e. The second-order valence-electron chi connectivity index (χ2n) is 5.76. The number of aromatic nitrogens is 3. The molecule has 0 spiro atoms. The van der Waals surface area contributed by atoms with Crippen LogP contribution in [-0.2, 0) is 13.0 Å². The summed E-state index contributed by atoms with van der Waals surface area (Å²) in [5.74, 6) is 1.69. The van der Waals surface area contributed by atoms with Crippen LogP contribution in [0.3, 0.4) is 0 Å². The van der Waals surface area contributed by atoms with Gasteiger partial charge >= 0.3 is 0 Å². The molecule has 1 aromatic heterocycles. The molecule has 0 aliphatic carbocycles. The number of rotatable bonds is 4. The van der Waals surface area contributed by atoms with Crippen LogP contribution >= 0.6 is 11.6 Å². The monoisotopic (exact) mass is 348 g/mol. The lowest BCUT2D eigenvalue weighted by molar-refractivity contribution is 0.180. The summed E-state index contributed by atoms with van der Waals surface area (Å²) >= 11 is 5.86. The molecule has 2 aromatic rings. The van der Waals surface area contributed by atoms with Crippen LogP contribution in [0.2, 0.25) is 5.02 Å². The first kappa shape index (κ1) is 16.7. The third-order valence-electron chi connectivity index (χ3n) is 4.09. The number of halogens is 1. The van der Waals surface area contributed by atoms with Crippen molar-refractivity contribution < 1.29 is 5.11 Å². The van der Waals surface area contributed by atoms with Crippen molar-refractivity contribution in [2.75, 3.05) is 13.6 Å². The Morgan fingerprint density at radius 3 is 3.00 bits per heavy atom. The molecule has 24 heavy (non-hydrogen) atoms. The highest BCUT2D eigenvalue weighted by atomic mass is 35.5. The molecule has 1 aliphatic rings. The number of aryl methyl sites for hydroxylation is 1. The van der Waals surface area contributed by atoms with E-state index in [2.05, 4.69) is 25.7 Å². The molecule has 0 fully saturated rings. The van der Waals surface area contributed by atoms with E-state index < -0.39 is 6.10 Å². The van der Waals surface area contributed by atoms with E-state index in [0.717, 1.165) is 30.8 Å². The molecular weight excluding hydrogens is 328 g/mol. The number of benzene rings is 1. The Balaban J connectivity index is 1.51. The van der Waals surface area contributed by atoms with Gasteiger partial charge in [-0.1, -0.05) is 23.7 Å². The highest BCUT2D eigenvalue weighted by Gasteiger charge is 2.20. The van der Waals surface area contributed by atoms with Crippen molar-refractivity contribution in [3.05, 3.63) is 47.0 Å². The number of hydrogen-bond donors (Lipinski definition) is 3. The minimum Gasteiger partial charge on any atom is -0.387 e. The zero-order valence-electron chi connectivity index (χ0n) is 13.5. The molecular formula is C16H21ClN6O. The third-order valence-corrected chi connectivity index (χ3v) is 4.34. The van der Waals surface area contributed by atoms with Crippen molar-refractivity contribution in [3.8, 4) is 0 Å². The van der Waals surface area contributed by atoms with E-state index in [4.69, 9.17) is 11.6 Å². The van der Waals surface area contributed by atoms with Crippen molar-refractivity contribution in [3.63, 3.8) is 0 Å². The second-order valence-corrected chi connectivity index (χ2v) is 6.20. The summed E-state index contributed by atoms with van der Waals surface area (Å²) in [6.45, 7) is 1.12. The Bertz CT molecular complexity index is 699. The highest BCUT2D eigenvalue weighted by Crippen LogP contribution is 2.16. The number of hydrogen-bond acceptors (Lipinski definition) is 4. The Kier molecular flexibility index (Phi) is 5.32. The lowest BCUT2D eigenvalue weighted by Gasteiger charge is -2.25. The normalized spacial score (nSPS) is 18.8.